The number of likely N-dealkylation sites (tertiary alicyclic amines) is 1. The normalized spacial score (nSPS) is 25.5. The van der Waals surface area contributed by atoms with Gasteiger partial charge in [0.25, 0.3) is 0 Å². The zero-order valence-electron chi connectivity index (χ0n) is 12.4. The van der Waals surface area contributed by atoms with Crippen LogP contribution in [0.1, 0.15) is 25.6 Å². The zero-order valence-corrected chi connectivity index (χ0v) is 12.4. The second-order valence-corrected chi connectivity index (χ2v) is 6.03. The van der Waals surface area contributed by atoms with Crippen molar-refractivity contribution < 1.29 is 14.6 Å². The predicted octanol–water partition coefficient (Wildman–Crippen LogP) is 0.611. The first-order chi connectivity index (χ1) is 10.1. The molecule has 2 saturated heterocycles. The smallest absolute Gasteiger partial charge is 0.308 e. The molecule has 2 aliphatic heterocycles. The van der Waals surface area contributed by atoms with E-state index in [2.05, 4.69) is 15.0 Å². The highest BCUT2D eigenvalue weighted by molar-refractivity contribution is 5.72. The van der Waals surface area contributed by atoms with Gasteiger partial charge in [-0.25, -0.2) is 9.67 Å². The molecule has 0 aliphatic carbocycles. The maximum Gasteiger partial charge on any atom is 0.308 e. The van der Waals surface area contributed by atoms with Gasteiger partial charge < -0.3 is 9.84 Å². The Morgan fingerprint density at radius 1 is 1.52 bits per heavy atom. The minimum absolute atomic E-state index is 0.138. The van der Waals surface area contributed by atoms with Gasteiger partial charge in [0.05, 0.1) is 12.5 Å². The Morgan fingerprint density at radius 2 is 2.29 bits per heavy atom. The van der Waals surface area contributed by atoms with Gasteiger partial charge in [-0.15, -0.1) is 0 Å². The molecule has 3 rings (SSSR count). The standard InChI is InChI=1S/C14H22N4O3/c1-2-18-12(15-10-16-18)8-17-7-11(13(19)20)14(9-17)3-5-21-6-4-14/h10-11H,2-9H2,1H3,(H,19,20). The molecule has 0 aromatic carbocycles. The lowest BCUT2D eigenvalue weighted by Crippen LogP contribution is -2.40. The molecule has 21 heavy (non-hydrogen) atoms. The molecular weight excluding hydrogens is 272 g/mol. The van der Waals surface area contributed by atoms with Gasteiger partial charge in [0.1, 0.15) is 12.2 Å². The lowest BCUT2D eigenvalue weighted by atomic mass is 9.72. The average Bonchev–Trinajstić information content (AvgIpc) is 3.05. The fraction of sp³-hybridized carbons (Fsp3) is 0.786. The molecule has 1 spiro atoms. The lowest BCUT2D eigenvalue weighted by Gasteiger charge is -2.36. The molecule has 0 radical (unpaired) electrons. The van der Waals surface area contributed by atoms with Crippen LogP contribution in [0.4, 0.5) is 0 Å². The number of aliphatic carboxylic acids is 1. The third-order valence-electron chi connectivity index (χ3n) is 4.87. The fourth-order valence-corrected chi connectivity index (χ4v) is 3.69. The van der Waals surface area contributed by atoms with E-state index in [-0.39, 0.29) is 11.3 Å². The van der Waals surface area contributed by atoms with E-state index in [1.165, 1.54) is 0 Å². The molecule has 7 nitrogen and oxygen atoms in total. The minimum Gasteiger partial charge on any atom is -0.481 e. The van der Waals surface area contributed by atoms with E-state index in [1.54, 1.807) is 6.33 Å². The van der Waals surface area contributed by atoms with Gasteiger partial charge >= 0.3 is 5.97 Å². The van der Waals surface area contributed by atoms with E-state index in [4.69, 9.17) is 4.74 Å². The summed E-state index contributed by atoms with van der Waals surface area (Å²) < 4.78 is 7.29. The van der Waals surface area contributed by atoms with Crippen molar-refractivity contribution in [2.45, 2.75) is 32.9 Å². The van der Waals surface area contributed by atoms with Gasteiger partial charge in [-0.1, -0.05) is 0 Å². The van der Waals surface area contributed by atoms with Crippen molar-refractivity contribution in [2.75, 3.05) is 26.3 Å². The number of carboxylic acid groups (broad SMARTS) is 1. The molecule has 1 unspecified atom stereocenters. The van der Waals surface area contributed by atoms with Gasteiger partial charge in [-0.3, -0.25) is 9.69 Å². The van der Waals surface area contributed by atoms with Crippen molar-refractivity contribution in [2.24, 2.45) is 11.3 Å². The number of rotatable bonds is 4. The molecule has 0 saturated carbocycles. The molecule has 2 fully saturated rings. The van der Waals surface area contributed by atoms with Gasteiger partial charge in [-0.05, 0) is 19.8 Å². The molecule has 1 aromatic heterocycles. The van der Waals surface area contributed by atoms with Crippen LogP contribution in [-0.2, 0) is 22.6 Å². The Hall–Kier alpha value is -1.47. The maximum absolute atomic E-state index is 11.6. The summed E-state index contributed by atoms with van der Waals surface area (Å²) in [5.41, 5.74) is -0.138. The summed E-state index contributed by atoms with van der Waals surface area (Å²) in [6.07, 6.45) is 3.23. The van der Waals surface area contributed by atoms with Crippen molar-refractivity contribution in [1.82, 2.24) is 19.7 Å². The van der Waals surface area contributed by atoms with Crippen molar-refractivity contribution in [1.29, 1.82) is 0 Å². The van der Waals surface area contributed by atoms with E-state index >= 15 is 0 Å². The summed E-state index contributed by atoms with van der Waals surface area (Å²) in [6, 6.07) is 0. The van der Waals surface area contributed by atoms with E-state index < -0.39 is 5.97 Å². The molecule has 1 atom stereocenters. The quantitative estimate of drug-likeness (QED) is 0.876. The summed E-state index contributed by atoms with van der Waals surface area (Å²) in [7, 11) is 0. The van der Waals surface area contributed by atoms with Gasteiger partial charge in [-0.2, -0.15) is 5.10 Å². The number of carboxylic acids is 1. The number of nitrogens with zero attached hydrogens (tertiary/aromatic N) is 4. The number of aromatic nitrogens is 3. The Labute approximate surface area is 123 Å². The number of hydrogen-bond acceptors (Lipinski definition) is 5. The van der Waals surface area contributed by atoms with Crippen LogP contribution < -0.4 is 0 Å². The van der Waals surface area contributed by atoms with Gasteiger partial charge in [0.2, 0.25) is 0 Å². The molecule has 2 aliphatic rings. The second kappa shape index (κ2) is 5.73. The Morgan fingerprint density at radius 3 is 2.95 bits per heavy atom. The van der Waals surface area contributed by atoms with E-state index in [0.717, 1.165) is 31.8 Å². The Kier molecular flexibility index (Phi) is 3.95. The summed E-state index contributed by atoms with van der Waals surface area (Å²) in [5.74, 6) is -0.0819. The number of ether oxygens (including phenoxy) is 1. The van der Waals surface area contributed by atoms with Crippen LogP contribution >= 0.6 is 0 Å². The predicted molar refractivity (Wildman–Crippen MR) is 74.6 cm³/mol. The summed E-state index contributed by atoms with van der Waals surface area (Å²) in [5, 5.41) is 13.8. The summed E-state index contributed by atoms with van der Waals surface area (Å²) in [4.78, 5) is 18.1. The molecule has 7 heteroatoms. The monoisotopic (exact) mass is 294 g/mol. The first kappa shape index (κ1) is 14.5. The average molecular weight is 294 g/mol. The highest BCUT2D eigenvalue weighted by atomic mass is 16.5. The molecule has 3 heterocycles. The van der Waals surface area contributed by atoms with E-state index in [0.29, 0.717) is 26.3 Å². The highest BCUT2D eigenvalue weighted by Crippen LogP contribution is 2.44. The fourth-order valence-electron chi connectivity index (χ4n) is 3.69. The van der Waals surface area contributed by atoms with E-state index in [1.807, 2.05) is 11.6 Å². The SMILES string of the molecule is CCn1ncnc1CN1CC(C(=O)O)C2(CCOCC2)C1. The molecule has 0 bridgehead atoms. The molecular formula is C14H22N4O3. The summed E-state index contributed by atoms with van der Waals surface area (Å²) >= 11 is 0. The second-order valence-electron chi connectivity index (χ2n) is 6.03. The molecule has 1 N–H and O–H groups in total. The first-order valence-electron chi connectivity index (χ1n) is 7.54. The van der Waals surface area contributed by atoms with Crippen molar-refractivity contribution in [3.8, 4) is 0 Å². The molecule has 0 amide bonds. The largest absolute Gasteiger partial charge is 0.481 e. The first-order valence-corrected chi connectivity index (χ1v) is 7.54. The number of aryl methyl sites for hydroxylation is 1. The molecule has 116 valence electrons. The van der Waals surface area contributed by atoms with Crippen molar-refractivity contribution >= 4 is 5.97 Å². The van der Waals surface area contributed by atoms with Crippen molar-refractivity contribution in [3.05, 3.63) is 12.2 Å². The Bertz CT molecular complexity index is 510. The number of hydrogen-bond donors (Lipinski definition) is 1. The van der Waals surface area contributed by atoms with Crippen molar-refractivity contribution in [3.63, 3.8) is 0 Å². The van der Waals surface area contributed by atoms with Crippen LogP contribution in [0.2, 0.25) is 0 Å². The topological polar surface area (TPSA) is 80.5 Å². The van der Waals surface area contributed by atoms with Crippen LogP contribution in [0.5, 0.6) is 0 Å². The third-order valence-corrected chi connectivity index (χ3v) is 4.87. The van der Waals surface area contributed by atoms with Gasteiger partial charge in [0, 0.05) is 38.3 Å². The highest BCUT2D eigenvalue weighted by Gasteiger charge is 2.50. The zero-order chi connectivity index (χ0) is 14.9. The van der Waals surface area contributed by atoms with Crippen LogP contribution in [0.15, 0.2) is 6.33 Å². The van der Waals surface area contributed by atoms with Crippen LogP contribution in [-0.4, -0.2) is 57.0 Å². The van der Waals surface area contributed by atoms with Crippen LogP contribution in [0.3, 0.4) is 0 Å². The summed E-state index contributed by atoms with van der Waals surface area (Å²) in [6.45, 7) is 6.22. The minimum atomic E-state index is -0.684. The third kappa shape index (κ3) is 2.67. The van der Waals surface area contributed by atoms with E-state index in [9.17, 15) is 9.90 Å². The number of carbonyl (C=O) groups is 1. The maximum atomic E-state index is 11.6. The van der Waals surface area contributed by atoms with Crippen LogP contribution in [0, 0.1) is 11.3 Å². The molecule has 1 aromatic rings. The lowest BCUT2D eigenvalue weighted by molar-refractivity contribution is -0.147. The van der Waals surface area contributed by atoms with Gasteiger partial charge in [0.15, 0.2) is 0 Å². The van der Waals surface area contributed by atoms with Crippen LogP contribution in [0.25, 0.3) is 0 Å². The Balaban J connectivity index is 1.75.